The van der Waals surface area contributed by atoms with Crippen LogP contribution in [0.2, 0.25) is 0 Å². The molecular formula is C22H23NO2. The zero-order valence-electron chi connectivity index (χ0n) is 15.1. The van der Waals surface area contributed by atoms with E-state index in [1.165, 1.54) is 11.1 Å². The number of ether oxygens (including phenoxy) is 1. The van der Waals surface area contributed by atoms with Crippen LogP contribution in [0.1, 0.15) is 40.0 Å². The van der Waals surface area contributed by atoms with Crippen molar-refractivity contribution >= 4 is 16.7 Å². The number of amides is 1. The molecule has 0 unspecified atom stereocenters. The Morgan fingerprint density at radius 3 is 2.36 bits per heavy atom. The van der Waals surface area contributed by atoms with Crippen molar-refractivity contribution in [2.75, 3.05) is 7.11 Å². The molecule has 0 aliphatic rings. The van der Waals surface area contributed by atoms with Crippen LogP contribution in [0.25, 0.3) is 10.8 Å². The van der Waals surface area contributed by atoms with Crippen molar-refractivity contribution in [2.45, 2.75) is 26.8 Å². The zero-order valence-corrected chi connectivity index (χ0v) is 15.1. The van der Waals surface area contributed by atoms with Crippen molar-refractivity contribution in [3.63, 3.8) is 0 Å². The van der Waals surface area contributed by atoms with Gasteiger partial charge in [0.2, 0.25) is 0 Å². The molecule has 0 spiro atoms. The van der Waals surface area contributed by atoms with Gasteiger partial charge in [-0.15, -0.1) is 0 Å². The van der Waals surface area contributed by atoms with E-state index in [1.807, 2.05) is 43.3 Å². The Balaban J connectivity index is 1.92. The number of carbonyl (C=O) groups is 1. The number of hydrogen-bond donors (Lipinski definition) is 1. The molecule has 128 valence electrons. The number of aryl methyl sites for hydroxylation is 2. The van der Waals surface area contributed by atoms with Gasteiger partial charge < -0.3 is 10.1 Å². The minimum atomic E-state index is -0.129. The topological polar surface area (TPSA) is 38.3 Å². The fraction of sp³-hybridized carbons (Fsp3) is 0.227. The lowest BCUT2D eigenvalue weighted by Crippen LogP contribution is -2.27. The van der Waals surface area contributed by atoms with Crippen LogP contribution in [0.4, 0.5) is 0 Å². The second kappa shape index (κ2) is 6.98. The summed E-state index contributed by atoms with van der Waals surface area (Å²) in [5.41, 5.74) is 4.04. The number of benzene rings is 3. The van der Waals surface area contributed by atoms with E-state index in [4.69, 9.17) is 4.74 Å². The molecule has 25 heavy (non-hydrogen) atoms. The summed E-state index contributed by atoms with van der Waals surface area (Å²) in [6.07, 6.45) is 0. The van der Waals surface area contributed by atoms with E-state index >= 15 is 0 Å². The SMILES string of the molecule is COc1cc2ccccc2cc1C(=O)N[C@@H](C)c1cc(C)ccc1C. The van der Waals surface area contributed by atoms with Gasteiger partial charge in [0, 0.05) is 0 Å². The van der Waals surface area contributed by atoms with Crippen molar-refractivity contribution in [1.29, 1.82) is 0 Å². The van der Waals surface area contributed by atoms with Gasteiger partial charge in [-0.05, 0) is 54.8 Å². The highest BCUT2D eigenvalue weighted by molar-refractivity contribution is 6.01. The summed E-state index contributed by atoms with van der Waals surface area (Å²) in [5, 5.41) is 5.18. The predicted octanol–water partition coefficient (Wildman–Crippen LogP) is 4.96. The van der Waals surface area contributed by atoms with Gasteiger partial charge in [-0.2, -0.15) is 0 Å². The molecule has 3 heteroatoms. The summed E-state index contributed by atoms with van der Waals surface area (Å²) < 4.78 is 5.44. The van der Waals surface area contributed by atoms with E-state index < -0.39 is 0 Å². The first-order valence-electron chi connectivity index (χ1n) is 8.44. The molecule has 1 atom stereocenters. The van der Waals surface area contributed by atoms with E-state index in [-0.39, 0.29) is 11.9 Å². The van der Waals surface area contributed by atoms with Crippen molar-refractivity contribution in [1.82, 2.24) is 5.32 Å². The molecule has 0 fully saturated rings. The smallest absolute Gasteiger partial charge is 0.255 e. The van der Waals surface area contributed by atoms with Crippen LogP contribution in [0.15, 0.2) is 54.6 Å². The Kier molecular flexibility index (Phi) is 4.75. The maximum atomic E-state index is 12.9. The molecule has 3 aromatic carbocycles. The van der Waals surface area contributed by atoms with Crippen LogP contribution in [0, 0.1) is 13.8 Å². The van der Waals surface area contributed by atoms with Gasteiger partial charge >= 0.3 is 0 Å². The molecule has 3 aromatic rings. The molecule has 0 aliphatic carbocycles. The van der Waals surface area contributed by atoms with Crippen LogP contribution in [-0.2, 0) is 0 Å². The zero-order chi connectivity index (χ0) is 18.0. The molecular weight excluding hydrogens is 310 g/mol. The summed E-state index contributed by atoms with van der Waals surface area (Å²) in [4.78, 5) is 12.9. The number of rotatable bonds is 4. The Bertz CT molecular complexity index is 930. The van der Waals surface area contributed by atoms with Crippen molar-refractivity contribution in [3.8, 4) is 5.75 Å². The lowest BCUT2D eigenvalue weighted by Gasteiger charge is -2.18. The number of hydrogen-bond acceptors (Lipinski definition) is 2. The fourth-order valence-corrected chi connectivity index (χ4v) is 3.14. The van der Waals surface area contributed by atoms with Crippen LogP contribution in [0.5, 0.6) is 5.75 Å². The molecule has 0 radical (unpaired) electrons. The third-order valence-corrected chi connectivity index (χ3v) is 4.56. The van der Waals surface area contributed by atoms with Crippen molar-refractivity contribution in [3.05, 3.63) is 76.9 Å². The van der Waals surface area contributed by atoms with Gasteiger partial charge in [-0.3, -0.25) is 4.79 Å². The van der Waals surface area contributed by atoms with Gasteiger partial charge in [-0.1, -0.05) is 48.0 Å². The van der Waals surface area contributed by atoms with Gasteiger partial charge in [0.25, 0.3) is 5.91 Å². The van der Waals surface area contributed by atoms with E-state index in [9.17, 15) is 4.79 Å². The largest absolute Gasteiger partial charge is 0.496 e. The number of nitrogens with one attached hydrogen (secondary N) is 1. The highest BCUT2D eigenvalue weighted by Crippen LogP contribution is 2.27. The molecule has 1 N–H and O–H groups in total. The van der Waals surface area contributed by atoms with E-state index in [0.717, 1.165) is 16.3 Å². The maximum absolute atomic E-state index is 12.9. The van der Waals surface area contributed by atoms with E-state index in [2.05, 4.69) is 37.4 Å². The van der Waals surface area contributed by atoms with Crippen LogP contribution in [-0.4, -0.2) is 13.0 Å². The first-order chi connectivity index (χ1) is 12.0. The molecule has 3 rings (SSSR count). The van der Waals surface area contributed by atoms with Crippen molar-refractivity contribution < 1.29 is 9.53 Å². The fourth-order valence-electron chi connectivity index (χ4n) is 3.14. The van der Waals surface area contributed by atoms with Crippen LogP contribution >= 0.6 is 0 Å². The quantitative estimate of drug-likeness (QED) is 0.733. The summed E-state index contributed by atoms with van der Waals surface area (Å²) in [7, 11) is 1.59. The third kappa shape index (κ3) is 3.50. The van der Waals surface area contributed by atoms with Gasteiger partial charge in [-0.25, -0.2) is 0 Å². The number of fused-ring (bicyclic) bond motifs is 1. The minimum Gasteiger partial charge on any atom is -0.496 e. The predicted molar refractivity (Wildman–Crippen MR) is 102 cm³/mol. The van der Waals surface area contributed by atoms with Crippen LogP contribution < -0.4 is 10.1 Å². The standard InChI is InChI=1S/C22H23NO2/c1-14-9-10-15(2)19(11-14)16(3)23-22(24)20-12-17-7-5-6-8-18(17)13-21(20)25-4/h5-13,16H,1-4H3,(H,23,24)/t16-/m0/s1. The molecule has 0 heterocycles. The average Bonchev–Trinajstić information content (AvgIpc) is 2.62. The molecule has 0 aliphatic heterocycles. The molecule has 0 saturated heterocycles. The highest BCUT2D eigenvalue weighted by Gasteiger charge is 2.17. The Hall–Kier alpha value is -2.81. The third-order valence-electron chi connectivity index (χ3n) is 4.56. The number of methoxy groups -OCH3 is 1. The summed E-state index contributed by atoms with van der Waals surface area (Å²) in [6, 6.07) is 18.0. The Morgan fingerprint density at radius 1 is 1.00 bits per heavy atom. The number of carbonyl (C=O) groups excluding carboxylic acids is 1. The van der Waals surface area contributed by atoms with Crippen LogP contribution in [0.3, 0.4) is 0 Å². The summed E-state index contributed by atoms with van der Waals surface area (Å²) >= 11 is 0. The maximum Gasteiger partial charge on any atom is 0.255 e. The molecule has 0 bridgehead atoms. The minimum absolute atomic E-state index is 0.0800. The summed E-state index contributed by atoms with van der Waals surface area (Å²) in [5.74, 6) is 0.459. The summed E-state index contributed by atoms with van der Waals surface area (Å²) in [6.45, 7) is 6.13. The first kappa shape index (κ1) is 17.0. The lowest BCUT2D eigenvalue weighted by molar-refractivity contribution is 0.0937. The highest BCUT2D eigenvalue weighted by atomic mass is 16.5. The Labute approximate surface area is 148 Å². The average molecular weight is 333 g/mol. The van der Waals surface area contributed by atoms with E-state index in [0.29, 0.717) is 11.3 Å². The Morgan fingerprint density at radius 2 is 1.68 bits per heavy atom. The van der Waals surface area contributed by atoms with Gasteiger partial charge in [0.05, 0.1) is 18.7 Å². The monoisotopic (exact) mass is 333 g/mol. The molecule has 3 nitrogen and oxygen atoms in total. The van der Waals surface area contributed by atoms with E-state index in [1.54, 1.807) is 7.11 Å². The molecule has 0 saturated carbocycles. The second-order valence-corrected chi connectivity index (χ2v) is 6.45. The van der Waals surface area contributed by atoms with Gasteiger partial charge in [0.1, 0.15) is 5.75 Å². The molecule has 1 amide bonds. The van der Waals surface area contributed by atoms with Gasteiger partial charge in [0.15, 0.2) is 0 Å². The lowest BCUT2D eigenvalue weighted by atomic mass is 9.99. The normalized spacial score (nSPS) is 12.0. The first-order valence-corrected chi connectivity index (χ1v) is 8.44. The molecule has 0 aromatic heterocycles. The second-order valence-electron chi connectivity index (χ2n) is 6.45. The van der Waals surface area contributed by atoms with Crippen molar-refractivity contribution in [2.24, 2.45) is 0 Å².